The first kappa shape index (κ1) is 10.9. The highest BCUT2D eigenvalue weighted by Crippen LogP contribution is 2.30. The number of aryl methyl sites for hydroxylation is 2. The van der Waals surface area contributed by atoms with Crippen LogP contribution in [0.2, 0.25) is 0 Å². The molecule has 0 aliphatic rings. The zero-order valence-electron chi connectivity index (χ0n) is 8.99. The topological polar surface area (TPSA) is 26.0 Å². The zero-order valence-corrected chi connectivity index (χ0v) is 10.6. The van der Waals surface area contributed by atoms with E-state index in [1.165, 1.54) is 19.5 Å². The van der Waals surface area contributed by atoms with Gasteiger partial charge in [0.1, 0.15) is 0 Å². The van der Waals surface area contributed by atoms with Gasteiger partial charge in [0.25, 0.3) is 0 Å². The van der Waals surface area contributed by atoms with E-state index in [0.717, 1.165) is 6.42 Å². The molecule has 1 atom stereocenters. The van der Waals surface area contributed by atoms with Crippen LogP contribution in [0.1, 0.15) is 32.5 Å². The Labute approximate surface area is 98.6 Å². The van der Waals surface area contributed by atoms with E-state index >= 15 is 0 Å². The van der Waals surface area contributed by atoms with Gasteiger partial charge in [0.15, 0.2) is 0 Å². The van der Waals surface area contributed by atoms with Crippen LogP contribution in [-0.2, 0) is 6.42 Å². The second-order valence-electron chi connectivity index (χ2n) is 3.58. The molecule has 0 radical (unpaired) electrons. The van der Waals surface area contributed by atoms with E-state index in [0.29, 0.717) is 0 Å². The summed E-state index contributed by atoms with van der Waals surface area (Å²) in [6, 6.07) is 8.67. The van der Waals surface area contributed by atoms with Gasteiger partial charge < -0.3 is 5.73 Å². The summed E-state index contributed by atoms with van der Waals surface area (Å²) < 4.78 is 0. The lowest BCUT2D eigenvalue weighted by molar-refractivity contribution is 0.917. The molecule has 2 aromatic rings. The molecule has 0 aliphatic carbocycles. The van der Waals surface area contributed by atoms with Gasteiger partial charge in [0, 0.05) is 19.5 Å². The molecule has 0 fully saturated rings. The predicted octanol–water partition coefficient (Wildman–Crippen LogP) is 3.73. The Morgan fingerprint density at radius 2 is 1.80 bits per heavy atom. The van der Waals surface area contributed by atoms with Crippen LogP contribution in [0.5, 0.6) is 0 Å². The highest BCUT2D eigenvalue weighted by molar-refractivity contribution is 7.13. The molecule has 0 aromatic carbocycles. The third-order valence-corrected chi connectivity index (χ3v) is 4.80. The van der Waals surface area contributed by atoms with Crippen LogP contribution < -0.4 is 5.73 Å². The van der Waals surface area contributed by atoms with Crippen LogP contribution in [-0.4, -0.2) is 0 Å². The standard InChI is InChI=1S/C12H15NS2/c1-3-9-5-7-11(15-9)12(13)10-6-4-8(2)14-10/h4-7,12H,3,13H2,1-2H3. The van der Waals surface area contributed by atoms with Crippen LogP contribution in [0, 0.1) is 6.92 Å². The average Bonchev–Trinajstić information content (AvgIpc) is 2.84. The SMILES string of the molecule is CCc1ccc(C(N)c2ccc(C)s2)s1. The highest BCUT2D eigenvalue weighted by Gasteiger charge is 2.12. The Morgan fingerprint density at radius 3 is 2.33 bits per heavy atom. The fourth-order valence-corrected chi connectivity index (χ4v) is 3.46. The van der Waals surface area contributed by atoms with E-state index < -0.39 is 0 Å². The maximum Gasteiger partial charge on any atom is 0.0740 e. The van der Waals surface area contributed by atoms with Crippen molar-refractivity contribution in [2.24, 2.45) is 5.73 Å². The molecule has 0 aliphatic heterocycles. The zero-order chi connectivity index (χ0) is 10.8. The van der Waals surface area contributed by atoms with Crippen LogP contribution in [0.3, 0.4) is 0 Å². The predicted molar refractivity (Wildman–Crippen MR) is 68.8 cm³/mol. The average molecular weight is 237 g/mol. The number of hydrogen-bond donors (Lipinski definition) is 1. The smallest absolute Gasteiger partial charge is 0.0740 e. The van der Waals surface area contributed by atoms with Gasteiger partial charge in [-0.1, -0.05) is 6.92 Å². The van der Waals surface area contributed by atoms with Crippen molar-refractivity contribution in [3.63, 3.8) is 0 Å². The van der Waals surface area contributed by atoms with Gasteiger partial charge >= 0.3 is 0 Å². The summed E-state index contributed by atoms with van der Waals surface area (Å²) in [6.07, 6.45) is 1.10. The van der Waals surface area contributed by atoms with Gasteiger partial charge in [-0.25, -0.2) is 0 Å². The molecule has 15 heavy (non-hydrogen) atoms. The quantitative estimate of drug-likeness (QED) is 0.865. The molecule has 0 saturated heterocycles. The minimum absolute atomic E-state index is 0.0639. The minimum Gasteiger partial charge on any atom is -0.319 e. The molecule has 1 unspecified atom stereocenters. The van der Waals surface area contributed by atoms with Gasteiger partial charge in [-0.05, 0) is 37.6 Å². The van der Waals surface area contributed by atoms with Crippen molar-refractivity contribution in [3.05, 3.63) is 43.8 Å². The molecule has 0 saturated carbocycles. The monoisotopic (exact) mass is 237 g/mol. The number of hydrogen-bond acceptors (Lipinski definition) is 3. The molecular formula is C12H15NS2. The molecule has 0 amide bonds. The summed E-state index contributed by atoms with van der Waals surface area (Å²) >= 11 is 3.62. The molecule has 2 aromatic heterocycles. The van der Waals surface area contributed by atoms with Crippen molar-refractivity contribution in [1.82, 2.24) is 0 Å². The maximum absolute atomic E-state index is 6.22. The van der Waals surface area contributed by atoms with Gasteiger partial charge in [-0.15, -0.1) is 22.7 Å². The maximum atomic E-state index is 6.22. The molecule has 2 rings (SSSR count). The first-order valence-electron chi connectivity index (χ1n) is 5.11. The van der Waals surface area contributed by atoms with E-state index in [1.807, 2.05) is 11.3 Å². The second-order valence-corrected chi connectivity index (χ2v) is 6.10. The highest BCUT2D eigenvalue weighted by atomic mass is 32.1. The fraction of sp³-hybridized carbons (Fsp3) is 0.333. The van der Waals surface area contributed by atoms with Crippen molar-refractivity contribution in [1.29, 1.82) is 0 Å². The van der Waals surface area contributed by atoms with Crippen LogP contribution in [0.25, 0.3) is 0 Å². The van der Waals surface area contributed by atoms with Crippen molar-refractivity contribution >= 4 is 22.7 Å². The summed E-state index contributed by atoms with van der Waals surface area (Å²) in [5, 5.41) is 0. The van der Waals surface area contributed by atoms with Gasteiger partial charge in [-0.2, -0.15) is 0 Å². The van der Waals surface area contributed by atoms with Crippen LogP contribution >= 0.6 is 22.7 Å². The van der Waals surface area contributed by atoms with E-state index in [2.05, 4.69) is 38.1 Å². The number of thiophene rings is 2. The Kier molecular flexibility index (Phi) is 3.24. The summed E-state index contributed by atoms with van der Waals surface area (Å²) in [6.45, 7) is 4.29. The normalized spacial score (nSPS) is 13.0. The van der Waals surface area contributed by atoms with E-state index in [-0.39, 0.29) is 6.04 Å². The molecule has 0 bridgehead atoms. The summed E-state index contributed by atoms with van der Waals surface area (Å²) in [5.41, 5.74) is 6.22. The number of nitrogens with two attached hydrogens (primary N) is 1. The Bertz CT molecular complexity index is 442. The third-order valence-electron chi connectivity index (χ3n) is 2.41. The Morgan fingerprint density at radius 1 is 1.13 bits per heavy atom. The lowest BCUT2D eigenvalue weighted by atomic mass is 10.2. The van der Waals surface area contributed by atoms with Crippen molar-refractivity contribution in [2.75, 3.05) is 0 Å². The van der Waals surface area contributed by atoms with Gasteiger partial charge in [-0.3, -0.25) is 0 Å². The van der Waals surface area contributed by atoms with Gasteiger partial charge in [0.05, 0.1) is 6.04 Å². The second kappa shape index (κ2) is 4.47. The largest absolute Gasteiger partial charge is 0.319 e. The van der Waals surface area contributed by atoms with Crippen molar-refractivity contribution < 1.29 is 0 Å². The molecule has 2 N–H and O–H groups in total. The summed E-state index contributed by atoms with van der Waals surface area (Å²) in [7, 11) is 0. The molecule has 0 spiro atoms. The third kappa shape index (κ3) is 2.30. The van der Waals surface area contributed by atoms with E-state index in [9.17, 15) is 0 Å². The minimum atomic E-state index is 0.0639. The first-order chi connectivity index (χ1) is 7.20. The van der Waals surface area contributed by atoms with Crippen LogP contribution in [0.15, 0.2) is 24.3 Å². The lowest BCUT2D eigenvalue weighted by Gasteiger charge is -2.05. The Balaban J connectivity index is 2.23. The molecule has 3 heteroatoms. The Hall–Kier alpha value is -0.640. The van der Waals surface area contributed by atoms with Crippen molar-refractivity contribution in [2.45, 2.75) is 26.3 Å². The lowest BCUT2D eigenvalue weighted by Crippen LogP contribution is -2.07. The summed E-state index contributed by atoms with van der Waals surface area (Å²) in [4.78, 5) is 5.27. The summed E-state index contributed by atoms with van der Waals surface area (Å²) in [5.74, 6) is 0. The van der Waals surface area contributed by atoms with E-state index in [1.54, 1.807) is 11.3 Å². The number of rotatable bonds is 3. The van der Waals surface area contributed by atoms with E-state index in [4.69, 9.17) is 5.73 Å². The van der Waals surface area contributed by atoms with Crippen molar-refractivity contribution in [3.8, 4) is 0 Å². The molecule has 2 heterocycles. The van der Waals surface area contributed by atoms with Crippen LogP contribution in [0.4, 0.5) is 0 Å². The first-order valence-corrected chi connectivity index (χ1v) is 6.74. The van der Waals surface area contributed by atoms with Gasteiger partial charge in [0.2, 0.25) is 0 Å². The molecule has 1 nitrogen and oxygen atoms in total. The fourth-order valence-electron chi connectivity index (χ4n) is 1.51. The molecule has 80 valence electrons. The molecular weight excluding hydrogens is 222 g/mol.